The number of nitrogens with one attached hydrogen (secondary N) is 3. The Labute approximate surface area is 139 Å². The molecule has 5 N–H and O–H groups in total. The van der Waals surface area contributed by atoms with E-state index in [0.29, 0.717) is 5.69 Å². The summed E-state index contributed by atoms with van der Waals surface area (Å²) in [6.45, 7) is 1.99. The summed E-state index contributed by atoms with van der Waals surface area (Å²) < 4.78 is 25.9. The van der Waals surface area contributed by atoms with Gasteiger partial charge in [0.1, 0.15) is 0 Å². The Balaban J connectivity index is 0.00000484. The number of hydrogen-bond donors (Lipinski definition) is 4. The third-order valence-corrected chi connectivity index (χ3v) is 2.63. The maximum Gasteiger partial charge on any atom is 0.319 e. The first-order valence-corrected chi connectivity index (χ1v) is 6.77. The van der Waals surface area contributed by atoms with E-state index >= 15 is 0 Å². The van der Waals surface area contributed by atoms with Crippen LogP contribution in [0.3, 0.4) is 0 Å². The molecular weight excluding hydrogens is 330 g/mol. The van der Waals surface area contributed by atoms with E-state index in [0.717, 1.165) is 0 Å². The Kier molecular flexibility index (Phi) is 8.49. The second kappa shape index (κ2) is 9.26. The lowest BCUT2D eigenvalue weighted by Crippen LogP contribution is -2.41. The maximum atomic E-state index is 12.9. The van der Waals surface area contributed by atoms with Crippen molar-refractivity contribution in [3.63, 3.8) is 0 Å². The van der Waals surface area contributed by atoms with E-state index in [1.807, 2.05) is 13.8 Å². The molecule has 1 aromatic rings. The van der Waals surface area contributed by atoms with Gasteiger partial charge < -0.3 is 21.7 Å². The van der Waals surface area contributed by atoms with Gasteiger partial charge in [0.2, 0.25) is 0 Å². The average Bonchev–Trinajstić information content (AvgIpc) is 2.44. The molecule has 0 radical (unpaired) electrons. The molecule has 0 saturated carbocycles. The first-order chi connectivity index (χ1) is 10.2. The lowest BCUT2D eigenvalue weighted by molar-refractivity contribution is 0.0118. The van der Waals surface area contributed by atoms with Gasteiger partial charge in [-0.05, 0) is 38.1 Å². The molecule has 0 spiro atoms. The van der Waals surface area contributed by atoms with Crippen molar-refractivity contribution in [1.29, 1.82) is 0 Å². The molecule has 23 heavy (non-hydrogen) atoms. The molecule has 0 aliphatic carbocycles. The van der Waals surface area contributed by atoms with Crippen LogP contribution in [0.15, 0.2) is 24.3 Å². The zero-order valence-electron chi connectivity index (χ0n) is 12.9. The van der Waals surface area contributed by atoms with E-state index in [9.17, 15) is 18.4 Å². The fourth-order valence-electron chi connectivity index (χ4n) is 1.52. The van der Waals surface area contributed by atoms with Gasteiger partial charge in [-0.1, -0.05) is 0 Å². The van der Waals surface area contributed by atoms with E-state index in [4.69, 9.17) is 5.73 Å². The van der Waals surface area contributed by atoms with Crippen LogP contribution in [0.25, 0.3) is 0 Å². The summed E-state index contributed by atoms with van der Waals surface area (Å²) >= 11 is 0. The standard InChI is InChI=1S/C14H20F2N4O2.ClH/c1-9(2)19-13(22)20-11-5-3-10(4-6-11)12(21)18-8-14(15,16)7-17;/h3-6,9H,7-8,17H2,1-2H3,(H,18,21)(H2,19,20,22);1H. The van der Waals surface area contributed by atoms with Gasteiger partial charge in [-0.3, -0.25) is 4.79 Å². The minimum absolute atomic E-state index is 0. The summed E-state index contributed by atoms with van der Waals surface area (Å²) in [5, 5.41) is 7.34. The van der Waals surface area contributed by atoms with Crippen molar-refractivity contribution in [3.05, 3.63) is 29.8 Å². The number of hydrogen-bond acceptors (Lipinski definition) is 3. The topological polar surface area (TPSA) is 96.2 Å². The average molecular weight is 351 g/mol. The van der Waals surface area contributed by atoms with Crippen molar-refractivity contribution in [1.82, 2.24) is 10.6 Å². The highest BCUT2D eigenvalue weighted by Gasteiger charge is 2.27. The zero-order valence-corrected chi connectivity index (χ0v) is 13.7. The molecule has 0 atom stereocenters. The van der Waals surface area contributed by atoms with Crippen LogP contribution in [0.5, 0.6) is 0 Å². The van der Waals surface area contributed by atoms with Crippen molar-refractivity contribution in [2.75, 3.05) is 18.4 Å². The van der Waals surface area contributed by atoms with Crippen LogP contribution in [0, 0.1) is 0 Å². The Hall–Kier alpha value is -1.93. The predicted molar refractivity (Wildman–Crippen MR) is 87.3 cm³/mol. The number of nitrogens with two attached hydrogens (primary N) is 1. The molecule has 130 valence electrons. The van der Waals surface area contributed by atoms with Gasteiger partial charge in [0, 0.05) is 17.3 Å². The normalized spacial score (nSPS) is 10.7. The maximum absolute atomic E-state index is 12.9. The Morgan fingerprint density at radius 2 is 1.78 bits per heavy atom. The van der Waals surface area contributed by atoms with Crippen molar-refractivity contribution in [2.45, 2.75) is 25.8 Å². The van der Waals surface area contributed by atoms with E-state index in [1.54, 1.807) is 0 Å². The molecule has 0 fully saturated rings. The first-order valence-electron chi connectivity index (χ1n) is 6.77. The van der Waals surface area contributed by atoms with Crippen LogP contribution < -0.4 is 21.7 Å². The number of alkyl halides is 2. The number of anilines is 1. The highest BCUT2D eigenvalue weighted by atomic mass is 35.5. The van der Waals surface area contributed by atoms with Gasteiger partial charge in [-0.25, -0.2) is 13.6 Å². The number of halogens is 3. The van der Waals surface area contributed by atoms with Crippen molar-refractivity contribution < 1.29 is 18.4 Å². The van der Waals surface area contributed by atoms with Crippen molar-refractivity contribution in [3.8, 4) is 0 Å². The van der Waals surface area contributed by atoms with Crippen LogP contribution in [-0.2, 0) is 0 Å². The number of urea groups is 1. The summed E-state index contributed by atoms with van der Waals surface area (Å²) in [6.07, 6.45) is 0. The third kappa shape index (κ3) is 7.75. The molecule has 6 nitrogen and oxygen atoms in total. The molecule has 0 aliphatic heterocycles. The molecule has 0 aromatic heterocycles. The summed E-state index contributed by atoms with van der Waals surface area (Å²) in [5.41, 5.74) is 5.58. The van der Waals surface area contributed by atoms with Crippen LogP contribution in [0.1, 0.15) is 24.2 Å². The van der Waals surface area contributed by atoms with Gasteiger partial charge in [0.15, 0.2) is 0 Å². The number of amides is 3. The Morgan fingerprint density at radius 1 is 1.22 bits per heavy atom. The summed E-state index contributed by atoms with van der Waals surface area (Å²) in [5.74, 6) is -3.77. The van der Waals surface area contributed by atoms with Crippen molar-refractivity contribution >= 4 is 30.0 Å². The lowest BCUT2D eigenvalue weighted by atomic mass is 10.2. The monoisotopic (exact) mass is 350 g/mol. The molecule has 3 amide bonds. The van der Waals surface area contributed by atoms with Crippen LogP contribution in [0.4, 0.5) is 19.3 Å². The molecule has 0 heterocycles. The molecular formula is C14H21ClF2N4O2. The predicted octanol–water partition coefficient (Wildman–Crippen LogP) is 1.96. The molecule has 0 bridgehead atoms. The van der Waals surface area contributed by atoms with Crippen LogP contribution in [0.2, 0.25) is 0 Å². The van der Waals surface area contributed by atoms with Gasteiger partial charge in [-0.15, -0.1) is 12.4 Å². The second-order valence-electron chi connectivity index (χ2n) is 5.07. The fourth-order valence-corrected chi connectivity index (χ4v) is 1.52. The largest absolute Gasteiger partial charge is 0.346 e. The molecule has 1 aromatic carbocycles. The number of benzene rings is 1. The van der Waals surface area contributed by atoms with E-state index in [2.05, 4.69) is 16.0 Å². The summed E-state index contributed by atoms with van der Waals surface area (Å²) in [7, 11) is 0. The fraction of sp³-hybridized carbons (Fsp3) is 0.429. The minimum Gasteiger partial charge on any atom is -0.346 e. The SMILES string of the molecule is CC(C)NC(=O)Nc1ccc(C(=O)NCC(F)(F)CN)cc1.Cl. The van der Waals surface area contributed by atoms with Crippen molar-refractivity contribution in [2.24, 2.45) is 5.73 Å². The smallest absolute Gasteiger partial charge is 0.319 e. The second-order valence-corrected chi connectivity index (χ2v) is 5.07. The van der Waals surface area contributed by atoms with Gasteiger partial charge in [-0.2, -0.15) is 0 Å². The number of carbonyl (C=O) groups is 2. The third-order valence-electron chi connectivity index (χ3n) is 2.63. The minimum atomic E-state index is -3.13. The van der Waals surface area contributed by atoms with Gasteiger partial charge in [0.25, 0.3) is 11.8 Å². The van der Waals surface area contributed by atoms with E-state index in [-0.39, 0.29) is 30.0 Å². The van der Waals surface area contributed by atoms with Crippen LogP contribution >= 0.6 is 12.4 Å². The van der Waals surface area contributed by atoms with Gasteiger partial charge >= 0.3 is 6.03 Å². The number of carbonyl (C=O) groups excluding carboxylic acids is 2. The molecule has 0 aliphatic rings. The lowest BCUT2D eigenvalue weighted by Gasteiger charge is -2.14. The molecule has 9 heteroatoms. The van der Waals surface area contributed by atoms with E-state index in [1.165, 1.54) is 24.3 Å². The quantitative estimate of drug-likeness (QED) is 0.631. The summed E-state index contributed by atoms with van der Waals surface area (Å²) in [4.78, 5) is 23.2. The Bertz CT molecular complexity index is 524. The zero-order chi connectivity index (χ0) is 16.8. The molecule has 0 unspecified atom stereocenters. The van der Waals surface area contributed by atoms with Gasteiger partial charge in [0.05, 0.1) is 13.1 Å². The highest BCUT2D eigenvalue weighted by molar-refractivity contribution is 5.95. The Morgan fingerprint density at radius 3 is 2.26 bits per heavy atom. The van der Waals surface area contributed by atoms with Crippen LogP contribution in [-0.4, -0.2) is 37.0 Å². The van der Waals surface area contributed by atoms with E-state index < -0.39 is 24.9 Å². The molecule has 1 rings (SSSR count). The summed E-state index contributed by atoms with van der Waals surface area (Å²) in [6, 6.07) is 5.51. The highest BCUT2D eigenvalue weighted by Crippen LogP contribution is 2.11. The molecule has 0 saturated heterocycles. The first kappa shape index (κ1) is 21.1. The number of rotatable bonds is 6.